The molecule has 2 amide bonds. The number of hydrogen-bond donors (Lipinski definition) is 2. The predicted molar refractivity (Wildman–Crippen MR) is 88.0 cm³/mol. The molecule has 1 aromatic carbocycles. The molecule has 1 saturated heterocycles. The number of carbonyl (C=O) groups is 2. The van der Waals surface area contributed by atoms with Crippen LogP contribution in [-0.4, -0.2) is 49.5 Å². The van der Waals surface area contributed by atoms with Crippen LogP contribution in [0, 0.1) is 0 Å². The van der Waals surface area contributed by atoms with Crippen LogP contribution in [0.4, 0.5) is 0 Å². The molecular weight excluding hydrogens is 294 g/mol. The second-order valence-electron chi connectivity index (χ2n) is 5.43. The normalized spacial score (nSPS) is 18.1. The van der Waals surface area contributed by atoms with Crippen molar-refractivity contribution in [2.75, 3.05) is 26.7 Å². The number of methoxy groups -OCH3 is 1. The lowest BCUT2D eigenvalue weighted by Gasteiger charge is -2.34. The number of nitrogens with zero attached hydrogens (tertiary/aromatic N) is 1. The first-order valence-electron chi connectivity index (χ1n) is 7.66. The number of carbonyl (C=O) groups excluding carboxylic acids is 2. The molecule has 124 valence electrons. The summed E-state index contributed by atoms with van der Waals surface area (Å²) in [6, 6.07) is 7.28. The van der Waals surface area contributed by atoms with Gasteiger partial charge in [-0.15, -0.1) is 6.58 Å². The van der Waals surface area contributed by atoms with E-state index < -0.39 is 6.04 Å². The van der Waals surface area contributed by atoms with Crippen molar-refractivity contribution in [3.8, 4) is 5.75 Å². The summed E-state index contributed by atoms with van der Waals surface area (Å²) in [5.74, 6) is 0.528. The van der Waals surface area contributed by atoms with Crippen LogP contribution in [0.25, 0.3) is 0 Å². The summed E-state index contributed by atoms with van der Waals surface area (Å²) in [4.78, 5) is 26.1. The summed E-state index contributed by atoms with van der Waals surface area (Å²) in [5, 5.41) is 5.55. The van der Waals surface area contributed by atoms with E-state index in [2.05, 4.69) is 17.2 Å². The first-order chi connectivity index (χ1) is 11.1. The topological polar surface area (TPSA) is 70.7 Å². The highest BCUT2D eigenvalue weighted by molar-refractivity contribution is 5.88. The number of benzene rings is 1. The van der Waals surface area contributed by atoms with Crippen LogP contribution in [0.3, 0.4) is 0 Å². The van der Waals surface area contributed by atoms with Crippen molar-refractivity contribution in [2.45, 2.75) is 19.0 Å². The molecule has 23 heavy (non-hydrogen) atoms. The largest absolute Gasteiger partial charge is 0.497 e. The van der Waals surface area contributed by atoms with Crippen LogP contribution >= 0.6 is 0 Å². The molecule has 1 aliphatic rings. The van der Waals surface area contributed by atoms with Crippen LogP contribution in [0.15, 0.2) is 36.9 Å². The predicted octanol–water partition coefficient (Wildman–Crippen LogP) is 0.688. The van der Waals surface area contributed by atoms with Crippen LogP contribution in [-0.2, 0) is 16.1 Å². The third-order valence-electron chi connectivity index (χ3n) is 3.78. The molecular formula is C17H23N3O3. The zero-order valence-corrected chi connectivity index (χ0v) is 13.4. The Labute approximate surface area is 136 Å². The molecule has 2 rings (SSSR count). The van der Waals surface area contributed by atoms with E-state index >= 15 is 0 Å². The Bertz CT molecular complexity index is 574. The zero-order chi connectivity index (χ0) is 16.7. The molecule has 0 aliphatic carbocycles. The van der Waals surface area contributed by atoms with Gasteiger partial charge in [-0.3, -0.25) is 14.5 Å². The van der Waals surface area contributed by atoms with Gasteiger partial charge in [-0.1, -0.05) is 18.2 Å². The molecule has 1 heterocycles. The van der Waals surface area contributed by atoms with Gasteiger partial charge in [0.15, 0.2) is 0 Å². The molecule has 6 heteroatoms. The minimum Gasteiger partial charge on any atom is -0.497 e. The lowest BCUT2D eigenvalue weighted by atomic mass is 10.1. The molecule has 0 saturated carbocycles. The van der Waals surface area contributed by atoms with Gasteiger partial charge in [0.1, 0.15) is 5.75 Å². The van der Waals surface area contributed by atoms with E-state index in [4.69, 9.17) is 4.74 Å². The maximum Gasteiger partial charge on any atom is 0.237 e. The monoisotopic (exact) mass is 317 g/mol. The van der Waals surface area contributed by atoms with Gasteiger partial charge in [0.2, 0.25) is 11.8 Å². The van der Waals surface area contributed by atoms with Gasteiger partial charge in [-0.2, -0.15) is 0 Å². The number of amides is 2. The number of rotatable bonds is 7. The van der Waals surface area contributed by atoms with Gasteiger partial charge in [0.25, 0.3) is 0 Å². The van der Waals surface area contributed by atoms with Gasteiger partial charge in [0.05, 0.1) is 19.6 Å². The van der Waals surface area contributed by atoms with E-state index in [9.17, 15) is 9.59 Å². The van der Waals surface area contributed by atoms with E-state index in [-0.39, 0.29) is 18.2 Å². The first kappa shape index (κ1) is 17.0. The molecule has 1 aliphatic heterocycles. The third-order valence-corrected chi connectivity index (χ3v) is 3.78. The van der Waals surface area contributed by atoms with Crippen LogP contribution < -0.4 is 15.4 Å². The van der Waals surface area contributed by atoms with Crippen LogP contribution in [0.5, 0.6) is 5.75 Å². The van der Waals surface area contributed by atoms with E-state index in [0.29, 0.717) is 26.2 Å². The van der Waals surface area contributed by atoms with Gasteiger partial charge >= 0.3 is 0 Å². The van der Waals surface area contributed by atoms with E-state index in [0.717, 1.165) is 11.3 Å². The summed E-state index contributed by atoms with van der Waals surface area (Å²) in [6.45, 7) is 5.87. The molecule has 0 aromatic heterocycles. The fraction of sp³-hybridized carbons (Fsp3) is 0.412. The number of ether oxygens (including phenoxy) is 1. The van der Waals surface area contributed by atoms with E-state index in [1.54, 1.807) is 13.2 Å². The standard InChI is InChI=1S/C17H23N3O3/c1-3-7-18-16(21)11-15-17(22)19-8-9-20(15)12-13-5-4-6-14(10-13)23-2/h3-6,10,15H,1,7-9,11-12H2,2H3,(H,18,21)(H,19,22). The van der Waals surface area contributed by atoms with Crippen molar-refractivity contribution >= 4 is 11.8 Å². The van der Waals surface area contributed by atoms with Crippen molar-refractivity contribution in [2.24, 2.45) is 0 Å². The average Bonchev–Trinajstić information content (AvgIpc) is 2.56. The van der Waals surface area contributed by atoms with E-state index in [1.807, 2.05) is 29.2 Å². The highest BCUT2D eigenvalue weighted by Gasteiger charge is 2.31. The maximum atomic E-state index is 12.1. The number of nitrogens with one attached hydrogen (secondary N) is 2. The van der Waals surface area contributed by atoms with Crippen molar-refractivity contribution in [3.63, 3.8) is 0 Å². The SMILES string of the molecule is C=CCNC(=O)CC1C(=O)NCCN1Cc1cccc(OC)c1. The molecule has 1 unspecified atom stereocenters. The minimum atomic E-state index is -0.459. The quantitative estimate of drug-likeness (QED) is 0.726. The molecule has 1 fully saturated rings. The maximum absolute atomic E-state index is 12.1. The first-order valence-corrected chi connectivity index (χ1v) is 7.66. The molecule has 0 spiro atoms. The zero-order valence-electron chi connectivity index (χ0n) is 13.4. The number of piperazine rings is 1. The summed E-state index contributed by atoms with van der Waals surface area (Å²) in [7, 11) is 1.63. The van der Waals surface area contributed by atoms with Gasteiger partial charge < -0.3 is 15.4 Å². The Morgan fingerprint density at radius 3 is 3.13 bits per heavy atom. The molecule has 1 atom stereocenters. The number of hydrogen-bond acceptors (Lipinski definition) is 4. The smallest absolute Gasteiger partial charge is 0.237 e. The second kappa shape index (κ2) is 8.33. The molecule has 0 bridgehead atoms. The minimum absolute atomic E-state index is 0.104. The summed E-state index contributed by atoms with van der Waals surface area (Å²) >= 11 is 0. The lowest BCUT2D eigenvalue weighted by Crippen LogP contribution is -2.56. The second-order valence-corrected chi connectivity index (χ2v) is 5.43. The van der Waals surface area contributed by atoms with Crippen molar-refractivity contribution in [1.82, 2.24) is 15.5 Å². The van der Waals surface area contributed by atoms with Gasteiger partial charge in [-0.05, 0) is 17.7 Å². The molecule has 0 radical (unpaired) electrons. The van der Waals surface area contributed by atoms with E-state index in [1.165, 1.54) is 0 Å². The Morgan fingerprint density at radius 2 is 2.39 bits per heavy atom. The Kier molecular flexibility index (Phi) is 6.17. The summed E-state index contributed by atoms with van der Waals surface area (Å²) in [5.41, 5.74) is 1.05. The summed E-state index contributed by atoms with van der Waals surface area (Å²) < 4.78 is 5.23. The summed E-state index contributed by atoms with van der Waals surface area (Å²) in [6.07, 6.45) is 1.76. The average molecular weight is 317 g/mol. The lowest BCUT2D eigenvalue weighted by molar-refractivity contribution is -0.134. The third kappa shape index (κ3) is 4.82. The highest BCUT2D eigenvalue weighted by atomic mass is 16.5. The molecule has 1 aromatic rings. The fourth-order valence-electron chi connectivity index (χ4n) is 2.61. The fourth-order valence-corrected chi connectivity index (χ4v) is 2.61. The van der Waals surface area contributed by atoms with Crippen molar-refractivity contribution in [1.29, 1.82) is 0 Å². The van der Waals surface area contributed by atoms with Crippen molar-refractivity contribution in [3.05, 3.63) is 42.5 Å². The Hall–Kier alpha value is -2.34. The van der Waals surface area contributed by atoms with Crippen LogP contribution in [0.1, 0.15) is 12.0 Å². The van der Waals surface area contributed by atoms with Crippen LogP contribution in [0.2, 0.25) is 0 Å². The Morgan fingerprint density at radius 1 is 1.57 bits per heavy atom. The highest BCUT2D eigenvalue weighted by Crippen LogP contribution is 2.17. The van der Waals surface area contributed by atoms with Gasteiger partial charge in [0, 0.05) is 26.2 Å². The van der Waals surface area contributed by atoms with Gasteiger partial charge in [-0.25, -0.2) is 0 Å². The van der Waals surface area contributed by atoms with Crippen molar-refractivity contribution < 1.29 is 14.3 Å². The molecule has 2 N–H and O–H groups in total. The molecule has 6 nitrogen and oxygen atoms in total. The Balaban J connectivity index is 2.05.